The van der Waals surface area contributed by atoms with Gasteiger partial charge in [-0.25, -0.2) is 0 Å². The minimum absolute atomic E-state index is 0.00926. The summed E-state index contributed by atoms with van der Waals surface area (Å²) in [6.45, 7) is 4.65. The van der Waals surface area contributed by atoms with Crippen molar-refractivity contribution >= 4 is 12.1 Å². The molecule has 0 saturated heterocycles. The highest BCUT2D eigenvalue weighted by Gasteiger charge is 2.13. The smallest absolute Gasteiger partial charge is 0.265 e. The minimum Gasteiger partial charge on any atom is -0.332 e. The fraction of sp³-hybridized carbons (Fsp3) is 0.500. The zero-order valence-corrected chi connectivity index (χ0v) is 6.82. The van der Waals surface area contributed by atoms with Gasteiger partial charge in [0.05, 0.1) is 6.21 Å². The molecular formula is C8H12N2O. The Kier molecular flexibility index (Phi) is 2.41. The summed E-state index contributed by atoms with van der Waals surface area (Å²) in [4.78, 5) is 16.7. The summed E-state index contributed by atoms with van der Waals surface area (Å²) in [6.07, 6.45) is 4.88. The van der Waals surface area contributed by atoms with Crippen molar-refractivity contribution in [2.24, 2.45) is 4.99 Å². The molecule has 1 amide bonds. The van der Waals surface area contributed by atoms with E-state index < -0.39 is 0 Å². The third-order valence-electron chi connectivity index (χ3n) is 1.58. The average molecular weight is 152 g/mol. The molecular weight excluding hydrogens is 140 g/mol. The summed E-state index contributed by atoms with van der Waals surface area (Å²) < 4.78 is 0. The lowest BCUT2D eigenvalue weighted by Crippen LogP contribution is -2.37. The van der Waals surface area contributed by atoms with Gasteiger partial charge >= 0.3 is 0 Å². The Morgan fingerprint density at radius 1 is 1.64 bits per heavy atom. The molecule has 0 N–H and O–H groups in total. The van der Waals surface area contributed by atoms with Gasteiger partial charge in [-0.3, -0.25) is 9.79 Å². The van der Waals surface area contributed by atoms with Gasteiger partial charge in [0.15, 0.2) is 0 Å². The predicted molar refractivity (Wildman–Crippen MR) is 44.5 cm³/mol. The van der Waals surface area contributed by atoms with E-state index in [1.807, 2.05) is 19.9 Å². The van der Waals surface area contributed by atoms with Crippen LogP contribution in [0.2, 0.25) is 0 Å². The Hall–Kier alpha value is -1.12. The molecule has 0 fully saturated rings. The lowest BCUT2D eigenvalue weighted by atomic mass is 10.3. The molecule has 0 bridgehead atoms. The fourth-order valence-corrected chi connectivity index (χ4v) is 0.958. The zero-order chi connectivity index (χ0) is 8.27. The van der Waals surface area contributed by atoms with E-state index in [4.69, 9.17) is 0 Å². The second kappa shape index (κ2) is 3.32. The molecule has 3 nitrogen and oxygen atoms in total. The Bertz CT molecular complexity index is 206. The molecule has 0 spiro atoms. The van der Waals surface area contributed by atoms with E-state index in [-0.39, 0.29) is 11.9 Å². The topological polar surface area (TPSA) is 32.7 Å². The largest absolute Gasteiger partial charge is 0.332 e. The summed E-state index contributed by atoms with van der Waals surface area (Å²) in [7, 11) is 0. The Labute approximate surface area is 66.4 Å². The molecule has 0 saturated carbocycles. The fourth-order valence-electron chi connectivity index (χ4n) is 0.958. The number of nitrogens with zero attached hydrogens (tertiary/aromatic N) is 2. The molecule has 0 aromatic carbocycles. The van der Waals surface area contributed by atoms with Gasteiger partial charge in [0.2, 0.25) is 0 Å². The second-order valence-corrected chi connectivity index (χ2v) is 2.75. The molecule has 0 aliphatic carbocycles. The van der Waals surface area contributed by atoms with E-state index in [0.717, 1.165) is 0 Å². The quantitative estimate of drug-likeness (QED) is 0.547. The van der Waals surface area contributed by atoms with Crippen molar-refractivity contribution in [2.75, 3.05) is 6.54 Å². The lowest BCUT2D eigenvalue weighted by Gasteiger charge is -2.22. The van der Waals surface area contributed by atoms with Gasteiger partial charge in [-0.2, -0.15) is 0 Å². The first-order valence-corrected chi connectivity index (χ1v) is 3.70. The van der Waals surface area contributed by atoms with E-state index in [9.17, 15) is 4.79 Å². The van der Waals surface area contributed by atoms with Gasteiger partial charge in [-0.15, -0.1) is 0 Å². The maximum atomic E-state index is 11.2. The third kappa shape index (κ3) is 1.90. The average Bonchev–Trinajstić information content (AvgIpc) is 2.13. The first-order valence-electron chi connectivity index (χ1n) is 3.70. The summed E-state index contributed by atoms with van der Waals surface area (Å²) in [5.74, 6) is -0.00926. The Morgan fingerprint density at radius 3 is 3.00 bits per heavy atom. The van der Waals surface area contributed by atoms with Crippen molar-refractivity contribution in [3.63, 3.8) is 0 Å². The summed E-state index contributed by atoms with van der Waals surface area (Å²) in [6, 6.07) is 0.247. The molecule has 1 aliphatic rings. The number of rotatable bonds is 1. The van der Waals surface area contributed by atoms with Gasteiger partial charge in [0.1, 0.15) is 0 Å². The van der Waals surface area contributed by atoms with Crippen LogP contribution in [0.4, 0.5) is 0 Å². The molecule has 0 aromatic heterocycles. The predicted octanol–water partition coefficient (Wildman–Crippen LogP) is 0.822. The maximum absolute atomic E-state index is 11.2. The molecule has 11 heavy (non-hydrogen) atoms. The molecule has 0 radical (unpaired) electrons. The highest BCUT2D eigenvalue weighted by molar-refractivity contribution is 6.26. The van der Waals surface area contributed by atoms with Gasteiger partial charge in [0.25, 0.3) is 5.91 Å². The Morgan fingerprint density at radius 2 is 2.36 bits per heavy atom. The molecule has 3 heteroatoms. The van der Waals surface area contributed by atoms with Crippen LogP contribution in [0.15, 0.2) is 17.3 Å². The van der Waals surface area contributed by atoms with Crippen LogP contribution in [0, 0.1) is 0 Å². The van der Waals surface area contributed by atoms with E-state index in [2.05, 4.69) is 4.99 Å². The van der Waals surface area contributed by atoms with Crippen molar-refractivity contribution in [1.29, 1.82) is 0 Å². The molecule has 60 valence electrons. The van der Waals surface area contributed by atoms with Gasteiger partial charge in [-0.1, -0.05) is 0 Å². The zero-order valence-electron chi connectivity index (χ0n) is 6.82. The van der Waals surface area contributed by atoms with E-state index in [0.29, 0.717) is 6.54 Å². The van der Waals surface area contributed by atoms with Gasteiger partial charge < -0.3 is 4.90 Å². The molecule has 1 heterocycles. The number of amides is 1. The minimum atomic E-state index is -0.00926. The summed E-state index contributed by atoms with van der Waals surface area (Å²) in [5, 5.41) is 0. The van der Waals surface area contributed by atoms with E-state index in [1.165, 1.54) is 6.21 Å². The highest BCUT2D eigenvalue weighted by atomic mass is 16.2. The summed E-state index contributed by atoms with van der Waals surface area (Å²) in [5.41, 5.74) is 0. The van der Waals surface area contributed by atoms with Crippen molar-refractivity contribution in [1.82, 2.24) is 4.90 Å². The van der Waals surface area contributed by atoms with Crippen LogP contribution in [-0.4, -0.2) is 29.6 Å². The van der Waals surface area contributed by atoms with E-state index >= 15 is 0 Å². The Balaban J connectivity index is 2.71. The number of hydrogen-bond acceptors (Lipinski definition) is 2. The highest BCUT2D eigenvalue weighted by Crippen LogP contribution is 2.00. The van der Waals surface area contributed by atoms with Crippen LogP contribution in [0.25, 0.3) is 0 Å². The van der Waals surface area contributed by atoms with Crippen molar-refractivity contribution in [3.8, 4) is 0 Å². The molecule has 0 unspecified atom stereocenters. The lowest BCUT2D eigenvalue weighted by molar-refractivity contribution is -0.124. The van der Waals surface area contributed by atoms with Crippen LogP contribution in [0.3, 0.4) is 0 Å². The van der Waals surface area contributed by atoms with Crippen LogP contribution in [0.1, 0.15) is 13.8 Å². The van der Waals surface area contributed by atoms with Crippen LogP contribution in [-0.2, 0) is 4.79 Å². The van der Waals surface area contributed by atoms with Gasteiger partial charge in [0, 0.05) is 18.8 Å². The van der Waals surface area contributed by atoms with Crippen LogP contribution in [0.5, 0.6) is 0 Å². The standard InChI is InChI=1S/C8H12N2O/c1-7(2)10-5-3-4-9-6-8(10)11/h3-4,6-7H,5H2,1-2H3. The first kappa shape index (κ1) is 7.98. The number of carbonyl (C=O) groups is 1. The van der Waals surface area contributed by atoms with Gasteiger partial charge in [-0.05, 0) is 19.9 Å². The molecule has 1 rings (SSSR count). The molecule has 0 atom stereocenters. The summed E-state index contributed by atoms with van der Waals surface area (Å²) >= 11 is 0. The molecule has 0 aromatic rings. The van der Waals surface area contributed by atoms with Crippen molar-refractivity contribution in [3.05, 3.63) is 12.3 Å². The monoisotopic (exact) mass is 152 g/mol. The van der Waals surface area contributed by atoms with Crippen molar-refractivity contribution < 1.29 is 4.79 Å². The number of aliphatic imine (C=N–C) groups is 1. The first-order chi connectivity index (χ1) is 5.22. The SMILES string of the molecule is CC(C)N1CC=CN=CC1=O. The van der Waals surface area contributed by atoms with Crippen LogP contribution < -0.4 is 0 Å². The number of hydrogen-bond donors (Lipinski definition) is 0. The normalized spacial score (nSPS) is 17.7. The van der Waals surface area contributed by atoms with Crippen LogP contribution >= 0.6 is 0 Å². The van der Waals surface area contributed by atoms with Crippen molar-refractivity contribution in [2.45, 2.75) is 19.9 Å². The number of carbonyl (C=O) groups excluding carboxylic acids is 1. The molecule has 1 aliphatic heterocycles. The van der Waals surface area contributed by atoms with E-state index in [1.54, 1.807) is 11.1 Å². The third-order valence-corrected chi connectivity index (χ3v) is 1.58. The second-order valence-electron chi connectivity index (χ2n) is 2.75. The maximum Gasteiger partial charge on any atom is 0.265 e.